The number of ether oxygens (including phenoxy) is 1. The van der Waals surface area contributed by atoms with Crippen molar-refractivity contribution in [2.24, 2.45) is 0 Å². The Balaban J connectivity index is 1.43. The highest BCUT2D eigenvalue weighted by Crippen LogP contribution is 2.29. The molecule has 1 aliphatic carbocycles. The summed E-state index contributed by atoms with van der Waals surface area (Å²) in [7, 11) is 1.83. The molecule has 0 bridgehead atoms. The average molecular weight is 336 g/mol. The van der Waals surface area contributed by atoms with E-state index in [1.54, 1.807) is 29.2 Å². The lowest BCUT2D eigenvalue weighted by Crippen LogP contribution is -2.32. The molecule has 0 spiro atoms. The van der Waals surface area contributed by atoms with Gasteiger partial charge < -0.3 is 15.0 Å². The van der Waals surface area contributed by atoms with E-state index in [2.05, 4.69) is 5.32 Å². The van der Waals surface area contributed by atoms with Crippen LogP contribution in [-0.2, 0) is 11.2 Å². The Morgan fingerprint density at radius 1 is 1.12 bits per heavy atom. The molecule has 0 aromatic heterocycles. The first-order valence-electron chi connectivity index (χ1n) is 8.54. The second kappa shape index (κ2) is 6.24. The zero-order valence-corrected chi connectivity index (χ0v) is 14.1. The molecule has 1 aliphatic heterocycles. The SMILES string of the molecule is CN(C(=O)c1cccc(NC(=O)[C@@H]2Cc3ccccc3O2)c1)C1CC1. The van der Waals surface area contributed by atoms with E-state index in [1.165, 1.54) is 0 Å². The third-order valence-electron chi connectivity index (χ3n) is 4.73. The molecule has 0 radical (unpaired) electrons. The van der Waals surface area contributed by atoms with Crippen LogP contribution in [-0.4, -0.2) is 35.9 Å². The van der Waals surface area contributed by atoms with Crippen LogP contribution in [0.1, 0.15) is 28.8 Å². The van der Waals surface area contributed by atoms with Crippen LogP contribution < -0.4 is 10.1 Å². The Kier molecular flexibility index (Phi) is 3.92. The van der Waals surface area contributed by atoms with Crippen molar-refractivity contribution in [1.29, 1.82) is 0 Å². The van der Waals surface area contributed by atoms with Crippen LogP contribution in [0.3, 0.4) is 0 Å². The molecular formula is C20H20N2O3. The fourth-order valence-corrected chi connectivity index (χ4v) is 3.11. The molecule has 1 saturated carbocycles. The van der Waals surface area contributed by atoms with Crippen LogP contribution in [0.2, 0.25) is 0 Å². The van der Waals surface area contributed by atoms with Gasteiger partial charge in [0.2, 0.25) is 0 Å². The zero-order valence-electron chi connectivity index (χ0n) is 14.1. The summed E-state index contributed by atoms with van der Waals surface area (Å²) in [6.07, 6.45) is 2.16. The van der Waals surface area contributed by atoms with Crippen molar-refractivity contribution in [3.05, 3.63) is 59.7 Å². The van der Waals surface area contributed by atoms with Gasteiger partial charge in [-0.05, 0) is 42.7 Å². The highest BCUT2D eigenvalue weighted by molar-refractivity contribution is 5.98. The molecule has 1 atom stereocenters. The van der Waals surface area contributed by atoms with E-state index in [9.17, 15) is 9.59 Å². The minimum Gasteiger partial charge on any atom is -0.480 e. The third kappa shape index (κ3) is 3.22. The van der Waals surface area contributed by atoms with E-state index in [0.29, 0.717) is 23.7 Å². The molecular weight excluding hydrogens is 316 g/mol. The fourth-order valence-electron chi connectivity index (χ4n) is 3.11. The lowest BCUT2D eigenvalue weighted by Gasteiger charge is -2.17. The maximum absolute atomic E-state index is 12.5. The summed E-state index contributed by atoms with van der Waals surface area (Å²) in [6, 6.07) is 15.1. The maximum atomic E-state index is 12.5. The summed E-state index contributed by atoms with van der Waals surface area (Å²) >= 11 is 0. The van der Waals surface area contributed by atoms with Gasteiger partial charge in [0.15, 0.2) is 6.10 Å². The number of rotatable bonds is 4. The Labute approximate surface area is 146 Å². The first-order chi connectivity index (χ1) is 12.1. The summed E-state index contributed by atoms with van der Waals surface area (Å²) in [5.41, 5.74) is 2.24. The van der Waals surface area contributed by atoms with Gasteiger partial charge in [-0.25, -0.2) is 0 Å². The molecule has 0 saturated heterocycles. The van der Waals surface area contributed by atoms with Crippen molar-refractivity contribution in [1.82, 2.24) is 4.90 Å². The quantitative estimate of drug-likeness (QED) is 0.934. The molecule has 5 nitrogen and oxygen atoms in total. The minimum absolute atomic E-state index is 0.0110. The number of benzene rings is 2. The normalized spacial score (nSPS) is 18.2. The third-order valence-corrected chi connectivity index (χ3v) is 4.73. The number of anilines is 1. The molecule has 1 N–H and O–H groups in total. The van der Waals surface area contributed by atoms with E-state index in [1.807, 2.05) is 31.3 Å². The predicted molar refractivity (Wildman–Crippen MR) is 94.7 cm³/mol. The first kappa shape index (κ1) is 15.7. The summed E-state index contributed by atoms with van der Waals surface area (Å²) < 4.78 is 5.71. The van der Waals surface area contributed by atoms with E-state index in [4.69, 9.17) is 4.74 Å². The second-order valence-corrected chi connectivity index (χ2v) is 6.64. The van der Waals surface area contributed by atoms with Gasteiger partial charge in [0.25, 0.3) is 11.8 Å². The van der Waals surface area contributed by atoms with Crippen molar-refractivity contribution in [2.75, 3.05) is 12.4 Å². The summed E-state index contributed by atoms with van der Waals surface area (Å²) in [5.74, 6) is 0.553. The van der Waals surface area contributed by atoms with Crippen molar-refractivity contribution < 1.29 is 14.3 Å². The van der Waals surface area contributed by atoms with Crippen LogP contribution >= 0.6 is 0 Å². The number of carbonyl (C=O) groups excluding carboxylic acids is 2. The molecule has 128 valence electrons. The van der Waals surface area contributed by atoms with E-state index >= 15 is 0 Å². The number of carbonyl (C=O) groups is 2. The number of amides is 2. The Morgan fingerprint density at radius 2 is 1.92 bits per heavy atom. The highest BCUT2D eigenvalue weighted by atomic mass is 16.5. The number of hydrogen-bond acceptors (Lipinski definition) is 3. The average Bonchev–Trinajstić information content (AvgIpc) is 3.38. The van der Waals surface area contributed by atoms with E-state index < -0.39 is 6.10 Å². The van der Waals surface area contributed by atoms with Gasteiger partial charge in [-0.3, -0.25) is 9.59 Å². The number of hydrogen-bond donors (Lipinski definition) is 1. The largest absolute Gasteiger partial charge is 0.480 e. The number of nitrogens with one attached hydrogen (secondary N) is 1. The number of nitrogens with zero attached hydrogens (tertiary/aromatic N) is 1. The van der Waals surface area contributed by atoms with Crippen molar-refractivity contribution in [2.45, 2.75) is 31.4 Å². The van der Waals surface area contributed by atoms with Crippen molar-refractivity contribution in [3.63, 3.8) is 0 Å². The highest BCUT2D eigenvalue weighted by Gasteiger charge is 2.31. The molecule has 2 aliphatic rings. The van der Waals surface area contributed by atoms with Crippen LogP contribution in [0.4, 0.5) is 5.69 Å². The topological polar surface area (TPSA) is 58.6 Å². The molecule has 5 heteroatoms. The molecule has 0 unspecified atom stereocenters. The van der Waals surface area contributed by atoms with Crippen LogP contribution in [0.5, 0.6) is 5.75 Å². The van der Waals surface area contributed by atoms with Gasteiger partial charge in [-0.1, -0.05) is 24.3 Å². The molecule has 4 rings (SSSR count). The first-order valence-corrected chi connectivity index (χ1v) is 8.54. The lowest BCUT2D eigenvalue weighted by molar-refractivity contribution is -0.122. The fraction of sp³-hybridized carbons (Fsp3) is 0.300. The zero-order chi connectivity index (χ0) is 17.4. The van der Waals surface area contributed by atoms with Crippen LogP contribution in [0.25, 0.3) is 0 Å². The van der Waals surface area contributed by atoms with Crippen LogP contribution in [0.15, 0.2) is 48.5 Å². The smallest absolute Gasteiger partial charge is 0.265 e. The molecule has 25 heavy (non-hydrogen) atoms. The van der Waals surface area contributed by atoms with Gasteiger partial charge >= 0.3 is 0 Å². The van der Waals surface area contributed by atoms with Crippen molar-refractivity contribution in [3.8, 4) is 5.75 Å². The summed E-state index contributed by atoms with van der Waals surface area (Å²) in [4.78, 5) is 26.7. The van der Waals surface area contributed by atoms with E-state index in [0.717, 1.165) is 24.2 Å². The summed E-state index contributed by atoms with van der Waals surface area (Å²) in [5, 5.41) is 2.86. The molecule has 2 amide bonds. The maximum Gasteiger partial charge on any atom is 0.265 e. The Hall–Kier alpha value is -2.82. The number of fused-ring (bicyclic) bond motifs is 1. The summed E-state index contributed by atoms with van der Waals surface area (Å²) in [6.45, 7) is 0. The monoisotopic (exact) mass is 336 g/mol. The minimum atomic E-state index is -0.536. The second-order valence-electron chi connectivity index (χ2n) is 6.64. The van der Waals surface area contributed by atoms with Gasteiger partial charge in [-0.15, -0.1) is 0 Å². The van der Waals surface area contributed by atoms with Crippen molar-refractivity contribution >= 4 is 17.5 Å². The standard InChI is InChI=1S/C20H20N2O3/c1-22(16-9-10-16)20(24)14-6-4-7-15(11-14)21-19(23)18-12-13-5-2-3-8-17(13)25-18/h2-8,11,16,18H,9-10,12H2,1H3,(H,21,23)/t18-/m0/s1. The molecule has 1 heterocycles. The van der Waals surface area contributed by atoms with Gasteiger partial charge in [0.05, 0.1) is 0 Å². The molecule has 2 aromatic rings. The molecule has 2 aromatic carbocycles. The lowest BCUT2D eigenvalue weighted by atomic mass is 10.1. The Morgan fingerprint density at radius 3 is 2.68 bits per heavy atom. The molecule has 1 fully saturated rings. The van der Waals surface area contributed by atoms with E-state index in [-0.39, 0.29) is 11.8 Å². The van der Waals surface area contributed by atoms with Gasteiger partial charge in [0.1, 0.15) is 5.75 Å². The van der Waals surface area contributed by atoms with Gasteiger partial charge in [0, 0.05) is 30.8 Å². The van der Waals surface area contributed by atoms with Crippen LogP contribution in [0, 0.1) is 0 Å². The predicted octanol–water partition coefficient (Wildman–Crippen LogP) is 2.86. The van der Waals surface area contributed by atoms with Gasteiger partial charge in [-0.2, -0.15) is 0 Å². The number of para-hydroxylation sites is 1. The Bertz CT molecular complexity index is 804.